The number of nitrogens with zero attached hydrogens (tertiary/aromatic N) is 7. The second kappa shape index (κ2) is 12.0. The van der Waals surface area contributed by atoms with Gasteiger partial charge >= 0.3 is 0 Å². The predicted molar refractivity (Wildman–Crippen MR) is 132 cm³/mol. The number of nitrogens with one attached hydrogen (secondary N) is 2. The molecule has 0 aromatic carbocycles. The molecule has 1 fully saturated rings. The van der Waals surface area contributed by atoms with Crippen molar-refractivity contribution in [3.8, 4) is 0 Å². The van der Waals surface area contributed by atoms with Gasteiger partial charge in [0.15, 0.2) is 5.96 Å². The first kappa shape index (κ1) is 24.3. The Bertz CT molecular complexity index is 798. The summed E-state index contributed by atoms with van der Waals surface area (Å²) < 4.78 is 1.92. The third-order valence-electron chi connectivity index (χ3n) is 5.47. The fourth-order valence-electron chi connectivity index (χ4n) is 3.60. The Balaban J connectivity index is 0.00000320. The summed E-state index contributed by atoms with van der Waals surface area (Å²) in [5.41, 5.74) is 3.48. The monoisotopic (exact) mass is 527 g/mol. The zero-order valence-corrected chi connectivity index (χ0v) is 20.8. The summed E-state index contributed by atoms with van der Waals surface area (Å²) in [6, 6.07) is 1.86. The largest absolute Gasteiger partial charge is 0.356 e. The van der Waals surface area contributed by atoms with Gasteiger partial charge in [-0.1, -0.05) is 0 Å². The van der Waals surface area contributed by atoms with Gasteiger partial charge in [0.1, 0.15) is 0 Å². The van der Waals surface area contributed by atoms with Crippen LogP contribution in [0.3, 0.4) is 0 Å². The molecule has 2 aromatic heterocycles. The topological polar surface area (TPSA) is 86.5 Å². The van der Waals surface area contributed by atoms with Crippen molar-refractivity contribution in [3.05, 3.63) is 35.4 Å². The van der Waals surface area contributed by atoms with E-state index >= 15 is 0 Å². The summed E-state index contributed by atoms with van der Waals surface area (Å²) in [6.07, 6.45) is 4.68. The Morgan fingerprint density at radius 1 is 1.10 bits per heavy atom. The van der Waals surface area contributed by atoms with E-state index in [0.29, 0.717) is 0 Å². The molecule has 0 saturated carbocycles. The maximum Gasteiger partial charge on any atom is 0.225 e. The maximum atomic E-state index is 4.47. The first-order valence-corrected chi connectivity index (χ1v) is 10.3. The van der Waals surface area contributed by atoms with Crippen molar-refractivity contribution in [2.24, 2.45) is 12.0 Å². The van der Waals surface area contributed by atoms with Gasteiger partial charge in [-0.15, -0.1) is 24.0 Å². The molecular formula is C20H34IN9. The van der Waals surface area contributed by atoms with Crippen molar-refractivity contribution in [3.63, 3.8) is 0 Å². The molecule has 166 valence electrons. The molecule has 9 nitrogen and oxygen atoms in total. The first-order chi connectivity index (χ1) is 14.1. The number of hydrogen-bond acceptors (Lipinski definition) is 6. The Labute approximate surface area is 196 Å². The van der Waals surface area contributed by atoms with Gasteiger partial charge in [-0.2, -0.15) is 5.10 Å². The third-order valence-corrected chi connectivity index (χ3v) is 5.47. The molecule has 1 aliphatic heterocycles. The van der Waals surface area contributed by atoms with Crippen LogP contribution in [0.1, 0.15) is 23.4 Å². The van der Waals surface area contributed by atoms with E-state index in [9.17, 15) is 0 Å². The van der Waals surface area contributed by atoms with Crippen LogP contribution in [-0.2, 0) is 13.6 Å². The van der Waals surface area contributed by atoms with Crippen molar-refractivity contribution in [2.45, 2.75) is 26.8 Å². The number of aryl methyl sites for hydroxylation is 2. The highest BCUT2D eigenvalue weighted by molar-refractivity contribution is 14.0. The van der Waals surface area contributed by atoms with Gasteiger partial charge in [-0.3, -0.25) is 14.6 Å². The van der Waals surface area contributed by atoms with Crippen LogP contribution in [0.15, 0.2) is 23.5 Å². The number of halogens is 1. The molecule has 0 unspecified atom stereocenters. The standard InChI is InChI=1S/C20H33N9.HI/c1-16-18(17(2)27(4)26-16)15-25-19(21-3)22-9-6-10-28-11-13-29(14-12-28)20-23-7-5-8-24-20;/h5,7-8H,6,9-15H2,1-4H3,(H2,21,22,25);1H. The second-order valence-corrected chi connectivity index (χ2v) is 7.36. The normalized spacial score (nSPS) is 15.1. The Morgan fingerprint density at radius 3 is 2.40 bits per heavy atom. The van der Waals surface area contributed by atoms with Crippen molar-refractivity contribution < 1.29 is 0 Å². The second-order valence-electron chi connectivity index (χ2n) is 7.36. The highest BCUT2D eigenvalue weighted by Crippen LogP contribution is 2.11. The van der Waals surface area contributed by atoms with E-state index in [-0.39, 0.29) is 24.0 Å². The van der Waals surface area contributed by atoms with E-state index < -0.39 is 0 Å². The van der Waals surface area contributed by atoms with Gasteiger partial charge in [0, 0.05) is 77.0 Å². The molecule has 10 heteroatoms. The fourth-order valence-corrected chi connectivity index (χ4v) is 3.60. The summed E-state index contributed by atoms with van der Waals surface area (Å²) in [7, 11) is 3.79. The number of rotatable bonds is 7. The molecule has 3 heterocycles. The molecule has 2 aromatic rings. The van der Waals surface area contributed by atoms with Crippen LogP contribution < -0.4 is 15.5 Å². The zero-order chi connectivity index (χ0) is 20.6. The SMILES string of the molecule is CN=C(NCCCN1CCN(c2ncccn2)CC1)NCc1c(C)nn(C)c1C.I. The Kier molecular flexibility index (Phi) is 9.76. The summed E-state index contributed by atoms with van der Waals surface area (Å²) in [5, 5.41) is 11.3. The molecule has 0 atom stereocenters. The van der Waals surface area contributed by atoms with Gasteiger partial charge in [-0.25, -0.2) is 9.97 Å². The molecule has 3 rings (SSSR count). The average Bonchev–Trinajstić information content (AvgIpc) is 3.00. The van der Waals surface area contributed by atoms with E-state index in [0.717, 1.165) is 69.8 Å². The number of piperazine rings is 1. The number of aromatic nitrogens is 4. The van der Waals surface area contributed by atoms with Crippen molar-refractivity contribution in [1.82, 2.24) is 35.3 Å². The van der Waals surface area contributed by atoms with Gasteiger partial charge < -0.3 is 15.5 Å². The van der Waals surface area contributed by atoms with Crippen LogP contribution in [0.4, 0.5) is 5.95 Å². The number of aliphatic imine (C=N–C) groups is 1. The molecular weight excluding hydrogens is 493 g/mol. The fraction of sp³-hybridized carbons (Fsp3) is 0.600. The molecule has 2 N–H and O–H groups in total. The van der Waals surface area contributed by atoms with Gasteiger partial charge in [0.25, 0.3) is 0 Å². The quantitative estimate of drug-likeness (QED) is 0.243. The minimum absolute atomic E-state index is 0. The average molecular weight is 527 g/mol. The van der Waals surface area contributed by atoms with E-state index in [1.54, 1.807) is 12.4 Å². The molecule has 0 spiro atoms. The van der Waals surface area contributed by atoms with Crippen LogP contribution in [0.5, 0.6) is 0 Å². The predicted octanol–water partition coefficient (Wildman–Crippen LogP) is 1.32. The molecule has 1 saturated heterocycles. The number of hydrogen-bond donors (Lipinski definition) is 2. The highest BCUT2D eigenvalue weighted by atomic mass is 127. The highest BCUT2D eigenvalue weighted by Gasteiger charge is 2.18. The molecule has 0 aliphatic carbocycles. The number of guanidine groups is 1. The van der Waals surface area contributed by atoms with E-state index in [1.165, 1.54) is 11.3 Å². The smallest absolute Gasteiger partial charge is 0.225 e. The lowest BCUT2D eigenvalue weighted by Gasteiger charge is -2.34. The lowest BCUT2D eigenvalue weighted by Crippen LogP contribution is -2.47. The van der Waals surface area contributed by atoms with Gasteiger partial charge in [-0.05, 0) is 32.9 Å². The lowest BCUT2D eigenvalue weighted by molar-refractivity contribution is 0.254. The Hall–Kier alpha value is -1.95. The van der Waals surface area contributed by atoms with Crippen LogP contribution in [0.25, 0.3) is 0 Å². The van der Waals surface area contributed by atoms with Gasteiger partial charge in [0.2, 0.25) is 5.95 Å². The minimum atomic E-state index is 0. The molecule has 0 amide bonds. The first-order valence-electron chi connectivity index (χ1n) is 10.3. The summed E-state index contributed by atoms with van der Waals surface area (Å²) >= 11 is 0. The summed E-state index contributed by atoms with van der Waals surface area (Å²) in [6.45, 7) is 10.9. The van der Waals surface area contributed by atoms with Gasteiger partial charge in [0.05, 0.1) is 5.69 Å². The number of anilines is 1. The Morgan fingerprint density at radius 2 is 1.80 bits per heavy atom. The maximum absolute atomic E-state index is 4.47. The van der Waals surface area contributed by atoms with Crippen LogP contribution >= 0.6 is 24.0 Å². The molecule has 30 heavy (non-hydrogen) atoms. The van der Waals surface area contributed by atoms with E-state index in [1.807, 2.05) is 31.8 Å². The third kappa shape index (κ3) is 6.53. The molecule has 0 bridgehead atoms. The van der Waals surface area contributed by atoms with Crippen LogP contribution in [0.2, 0.25) is 0 Å². The van der Waals surface area contributed by atoms with Crippen LogP contribution in [0, 0.1) is 13.8 Å². The molecule has 0 radical (unpaired) electrons. The van der Waals surface area contributed by atoms with Crippen molar-refractivity contribution in [1.29, 1.82) is 0 Å². The minimum Gasteiger partial charge on any atom is -0.356 e. The zero-order valence-electron chi connectivity index (χ0n) is 18.4. The lowest BCUT2D eigenvalue weighted by atomic mass is 10.2. The van der Waals surface area contributed by atoms with E-state index in [4.69, 9.17) is 0 Å². The molecule has 1 aliphatic rings. The van der Waals surface area contributed by atoms with E-state index in [2.05, 4.69) is 47.4 Å². The van der Waals surface area contributed by atoms with Crippen molar-refractivity contribution >= 4 is 35.9 Å². The summed E-state index contributed by atoms with van der Waals surface area (Å²) in [4.78, 5) is 17.8. The van der Waals surface area contributed by atoms with Crippen LogP contribution in [-0.4, -0.2) is 76.9 Å². The summed E-state index contributed by atoms with van der Waals surface area (Å²) in [5.74, 6) is 1.67. The van der Waals surface area contributed by atoms with Crippen molar-refractivity contribution in [2.75, 3.05) is 51.2 Å².